The molecule has 0 radical (unpaired) electrons. The fourth-order valence-corrected chi connectivity index (χ4v) is 3.86. The predicted molar refractivity (Wildman–Crippen MR) is 106 cm³/mol. The largest absolute Gasteiger partial charge is 0.489 e. The second-order valence-electron chi connectivity index (χ2n) is 7.35. The number of aliphatic hydroxyl groups is 1. The highest BCUT2D eigenvalue weighted by atomic mass is 16.5. The summed E-state index contributed by atoms with van der Waals surface area (Å²) in [5, 5.41) is 9.92. The highest BCUT2D eigenvalue weighted by Crippen LogP contribution is 2.34. The first kappa shape index (κ1) is 18.7. The van der Waals surface area contributed by atoms with Crippen molar-refractivity contribution in [2.24, 2.45) is 5.41 Å². The van der Waals surface area contributed by atoms with Crippen LogP contribution in [0.2, 0.25) is 0 Å². The average molecular weight is 351 g/mol. The van der Waals surface area contributed by atoms with Gasteiger partial charge in [0.1, 0.15) is 12.4 Å². The van der Waals surface area contributed by atoms with Gasteiger partial charge in [-0.2, -0.15) is 0 Å². The van der Waals surface area contributed by atoms with E-state index in [0.717, 1.165) is 44.6 Å². The van der Waals surface area contributed by atoms with E-state index in [0.29, 0.717) is 6.61 Å². The average Bonchev–Trinajstić information content (AvgIpc) is 2.69. The SMILES string of the molecule is C=CCC1(CO)CCCN(Cc2ccccc2OCc2ccccc2)C1. The lowest BCUT2D eigenvalue weighted by Gasteiger charge is -2.41. The van der Waals surface area contributed by atoms with Gasteiger partial charge in [0.15, 0.2) is 0 Å². The fraction of sp³-hybridized carbons (Fsp3) is 0.391. The number of ether oxygens (including phenoxy) is 1. The minimum absolute atomic E-state index is 0.0418. The Bertz CT molecular complexity index is 700. The van der Waals surface area contributed by atoms with E-state index in [1.54, 1.807) is 0 Å². The predicted octanol–water partition coefficient (Wildman–Crippen LogP) is 4.42. The minimum atomic E-state index is -0.0418. The van der Waals surface area contributed by atoms with Crippen LogP contribution in [0.3, 0.4) is 0 Å². The molecule has 3 rings (SSSR count). The Morgan fingerprint density at radius 1 is 1.12 bits per heavy atom. The van der Waals surface area contributed by atoms with Gasteiger partial charge in [-0.25, -0.2) is 0 Å². The van der Waals surface area contributed by atoms with Crippen LogP contribution in [0.25, 0.3) is 0 Å². The lowest BCUT2D eigenvalue weighted by Crippen LogP contribution is -2.44. The third kappa shape index (κ3) is 4.75. The number of nitrogens with zero attached hydrogens (tertiary/aromatic N) is 1. The summed E-state index contributed by atoms with van der Waals surface area (Å²) in [7, 11) is 0. The highest BCUT2D eigenvalue weighted by molar-refractivity contribution is 5.33. The molecule has 138 valence electrons. The lowest BCUT2D eigenvalue weighted by atomic mass is 9.77. The summed E-state index contributed by atoms with van der Waals surface area (Å²) in [6, 6.07) is 18.5. The van der Waals surface area contributed by atoms with Crippen molar-refractivity contribution in [3.8, 4) is 5.75 Å². The summed E-state index contributed by atoms with van der Waals surface area (Å²) < 4.78 is 6.10. The molecule has 26 heavy (non-hydrogen) atoms. The zero-order valence-corrected chi connectivity index (χ0v) is 15.4. The van der Waals surface area contributed by atoms with Crippen LogP contribution in [-0.4, -0.2) is 29.7 Å². The van der Waals surface area contributed by atoms with Gasteiger partial charge in [0.2, 0.25) is 0 Å². The Hall–Kier alpha value is -2.10. The molecule has 0 amide bonds. The number of hydrogen-bond donors (Lipinski definition) is 1. The number of hydrogen-bond acceptors (Lipinski definition) is 3. The lowest BCUT2D eigenvalue weighted by molar-refractivity contribution is 0.0305. The molecule has 0 aromatic heterocycles. The normalized spacial score (nSPS) is 20.7. The number of rotatable bonds is 8. The van der Waals surface area contributed by atoms with Gasteiger partial charge in [-0.15, -0.1) is 6.58 Å². The van der Waals surface area contributed by atoms with E-state index in [1.807, 2.05) is 36.4 Å². The van der Waals surface area contributed by atoms with E-state index < -0.39 is 0 Å². The van der Waals surface area contributed by atoms with Crippen molar-refractivity contribution in [3.63, 3.8) is 0 Å². The zero-order chi connectivity index (χ0) is 18.2. The standard InChI is InChI=1S/C23H29NO2/c1-2-13-23(19-25)14-8-15-24(18-23)16-21-11-6-7-12-22(21)26-17-20-9-4-3-5-10-20/h2-7,9-12,25H,1,8,13-19H2. The molecule has 3 nitrogen and oxygen atoms in total. The van der Waals surface area contributed by atoms with E-state index in [-0.39, 0.29) is 12.0 Å². The Kier molecular flexibility index (Phi) is 6.48. The molecule has 2 aromatic carbocycles. The van der Waals surface area contributed by atoms with Crippen molar-refractivity contribution in [1.82, 2.24) is 4.90 Å². The molecule has 0 bridgehead atoms. The number of aliphatic hydroxyl groups excluding tert-OH is 1. The Labute approximate surface area is 156 Å². The molecule has 1 aliphatic heterocycles. The molecule has 1 atom stereocenters. The van der Waals surface area contributed by atoms with Gasteiger partial charge in [0.05, 0.1) is 6.61 Å². The highest BCUT2D eigenvalue weighted by Gasteiger charge is 2.33. The Balaban J connectivity index is 1.67. The van der Waals surface area contributed by atoms with Crippen molar-refractivity contribution >= 4 is 0 Å². The maximum absolute atomic E-state index is 9.92. The quantitative estimate of drug-likeness (QED) is 0.715. The number of benzene rings is 2. The Morgan fingerprint density at radius 3 is 2.65 bits per heavy atom. The minimum Gasteiger partial charge on any atom is -0.489 e. The fourth-order valence-electron chi connectivity index (χ4n) is 3.86. The first-order valence-corrected chi connectivity index (χ1v) is 9.43. The van der Waals surface area contributed by atoms with Gasteiger partial charge >= 0.3 is 0 Å². The van der Waals surface area contributed by atoms with E-state index in [9.17, 15) is 5.11 Å². The van der Waals surface area contributed by atoms with Crippen LogP contribution in [0.15, 0.2) is 67.3 Å². The molecule has 2 aromatic rings. The van der Waals surface area contributed by atoms with Crippen molar-refractivity contribution in [2.45, 2.75) is 32.4 Å². The van der Waals surface area contributed by atoms with Gasteiger partial charge in [0, 0.05) is 24.1 Å². The van der Waals surface area contributed by atoms with Crippen molar-refractivity contribution in [3.05, 3.63) is 78.4 Å². The summed E-state index contributed by atoms with van der Waals surface area (Å²) in [5.74, 6) is 0.945. The third-order valence-electron chi connectivity index (χ3n) is 5.26. The van der Waals surface area contributed by atoms with Crippen LogP contribution >= 0.6 is 0 Å². The molecule has 1 N–H and O–H groups in total. The van der Waals surface area contributed by atoms with Crippen LogP contribution in [0.4, 0.5) is 0 Å². The molecule has 1 unspecified atom stereocenters. The van der Waals surface area contributed by atoms with Crippen LogP contribution in [-0.2, 0) is 13.2 Å². The summed E-state index contributed by atoms with van der Waals surface area (Å²) in [6.45, 7) is 7.49. The molecular weight excluding hydrogens is 322 g/mol. The van der Waals surface area contributed by atoms with Crippen LogP contribution < -0.4 is 4.74 Å². The smallest absolute Gasteiger partial charge is 0.124 e. The molecule has 0 aliphatic carbocycles. The van der Waals surface area contributed by atoms with Crippen molar-refractivity contribution < 1.29 is 9.84 Å². The van der Waals surface area contributed by atoms with Gasteiger partial charge in [-0.05, 0) is 37.4 Å². The van der Waals surface area contributed by atoms with Gasteiger partial charge in [-0.3, -0.25) is 4.90 Å². The van der Waals surface area contributed by atoms with Gasteiger partial charge < -0.3 is 9.84 Å². The number of likely N-dealkylation sites (tertiary alicyclic amines) is 1. The van der Waals surface area contributed by atoms with E-state index in [2.05, 4.69) is 35.7 Å². The van der Waals surface area contributed by atoms with Crippen LogP contribution in [0.5, 0.6) is 5.75 Å². The maximum atomic E-state index is 9.92. The molecule has 0 spiro atoms. The summed E-state index contributed by atoms with van der Waals surface area (Å²) in [5.41, 5.74) is 2.33. The third-order valence-corrected chi connectivity index (χ3v) is 5.26. The van der Waals surface area contributed by atoms with Gasteiger partial charge in [0.25, 0.3) is 0 Å². The molecule has 1 aliphatic rings. The molecule has 1 fully saturated rings. The monoisotopic (exact) mass is 351 g/mol. The number of para-hydroxylation sites is 1. The van der Waals surface area contributed by atoms with Crippen molar-refractivity contribution in [2.75, 3.05) is 19.7 Å². The molecule has 1 saturated heterocycles. The second kappa shape index (κ2) is 9.02. The van der Waals surface area contributed by atoms with E-state index >= 15 is 0 Å². The van der Waals surface area contributed by atoms with Crippen LogP contribution in [0, 0.1) is 5.41 Å². The molecule has 1 heterocycles. The first-order chi connectivity index (χ1) is 12.7. The van der Waals surface area contributed by atoms with Gasteiger partial charge in [-0.1, -0.05) is 54.6 Å². The number of allylic oxidation sites excluding steroid dienone is 1. The topological polar surface area (TPSA) is 32.7 Å². The molecular formula is C23H29NO2. The molecule has 3 heteroatoms. The summed E-state index contributed by atoms with van der Waals surface area (Å²) in [6.07, 6.45) is 4.99. The second-order valence-corrected chi connectivity index (χ2v) is 7.35. The molecule has 0 saturated carbocycles. The first-order valence-electron chi connectivity index (χ1n) is 9.43. The Morgan fingerprint density at radius 2 is 1.88 bits per heavy atom. The maximum Gasteiger partial charge on any atom is 0.124 e. The summed E-state index contributed by atoms with van der Waals surface area (Å²) in [4.78, 5) is 2.44. The van der Waals surface area contributed by atoms with Crippen molar-refractivity contribution in [1.29, 1.82) is 0 Å². The van der Waals surface area contributed by atoms with E-state index in [1.165, 1.54) is 11.1 Å². The summed E-state index contributed by atoms with van der Waals surface area (Å²) >= 11 is 0. The number of piperidine rings is 1. The zero-order valence-electron chi connectivity index (χ0n) is 15.4. The van der Waals surface area contributed by atoms with E-state index in [4.69, 9.17) is 4.74 Å². The van der Waals surface area contributed by atoms with Crippen LogP contribution in [0.1, 0.15) is 30.4 Å².